The molecule has 2 saturated heterocycles. The molecular formula is C28H41ClN6O5S2. The van der Waals surface area contributed by atoms with Gasteiger partial charge in [0, 0.05) is 27.7 Å². The third-order valence-electron chi connectivity index (χ3n) is 7.67. The summed E-state index contributed by atoms with van der Waals surface area (Å²) in [6.07, 6.45) is 3.36. The molecular weight excluding hydrogens is 600 g/mol. The summed E-state index contributed by atoms with van der Waals surface area (Å²) in [7, 11) is -3.67. The van der Waals surface area contributed by atoms with Crippen molar-refractivity contribution in [3.8, 4) is 0 Å². The maximum absolute atomic E-state index is 13.9. The number of thiophene rings is 1. The van der Waals surface area contributed by atoms with Gasteiger partial charge in [-0.05, 0) is 74.5 Å². The number of nitrogens with zero attached hydrogens (tertiary/aromatic N) is 1. The lowest BCUT2D eigenvalue weighted by molar-refractivity contribution is -0.140. The predicted molar refractivity (Wildman–Crippen MR) is 164 cm³/mol. The maximum Gasteiger partial charge on any atom is 0.243 e. The highest BCUT2D eigenvalue weighted by Gasteiger charge is 2.42. The lowest BCUT2D eigenvalue weighted by Crippen LogP contribution is -2.53. The Bertz CT molecular complexity index is 1300. The average molecular weight is 641 g/mol. The quantitative estimate of drug-likeness (QED) is 0.207. The molecule has 0 aliphatic carbocycles. The first-order valence-electron chi connectivity index (χ1n) is 14.2. The molecule has 1 unspecified atom stereocenters. The van der Waals surface area contributed by atoms with Crippen LogP contribution in [0.1, 0.15) is 53.6 Å². The number of ether oxygens (including phenoxy) is 1. The Morgan fingerprint density at radius 1 is 1.17 bits per heavy atom. The number of nitrogens with one attached hydrogen (secondary N) is 3. The number of rotatable bonds is 13. The van der Waals surface area contributed by atoms with Crippen LogP contribution < -0.4 is 26.8 Å². The van der Waals surface area contributed by atoms with E-state index in [2.05, 4.69) is 15.4 Å². The van der Waals surface area contributed by atoms with Crippen LogP contribution >= 0.6 is 22.9 Å². The van der Waals surface area contributed by atoms with Crippen molar-refractivity contribution >= 4 is 44.8 Å². The molecule has 1 aromatic carbocycles. The summed E-state index contributed by atoms with van der Waals surface area (Å²) in [4.78, 5) is 30.6. The number of hydrogen-bond acceptors (Lipinski definition) is 9. The fraction of sp³-hybridized carbons (Fsp3) is 0.571. The van der Waals surface area contributed by atoms with E-state index >= 15 is 0 Å². The molecule has 2 aliphatic heterocycles. The smallest absolute Gasteiger partial charge is 0.243 e. The standard InChI is InChI=1S/C28H41ClN6O5S2/c1-42(38,39)34-23(8-4-18-10-12-32-13-11-18)28(37)35-16-21(40-17-19-2-5-20(29)6-3-19)14-24(35)27(36)33-15-22-7-9-25(41-22)26(30)31/h2-3,5-7,9,18,21,23-24,26,32,34H,4,8,10-17,30-31H2,1H3,(H,33,36)/t21-,23-,24?/m1/s1. The van der Waals surface area contributed by atoms with Gasteiger partial charge in [-0.3, -0.25) is 9.59 Å². The molecule has 42 heavy (non-hydrogen) atoms. The van der Waals surface area contributed by atoms with Gasteiger partial charge in [-0.15, -0.1) is 11.3 Å². The molecule has 1 aromatic heterocycles. The van der Waals surface area contributed by atoms with Crippen molar-refractivity contribution in [3.05, 3.63) is 56.7 Å². The average Bonchev–Trinajstić information content (AvgIpc) is 3.61. The number of benzene rings is 1. The van der Waals surface area contributed by atoms with Gasteiger partial charge >= 0.3 is 0 Å². The van der Waals surface area contributed by atoms with Crippen LogP contribution in [0.5, 0.6) is 0 Å². The van der Waals surface area contributed by atoms with Gasteiger partial charge in [-0.25, -0.2) is 13.1 Å². The molecule has 2 aliphatic rings. The van der Waals surface area contributed by atoms with Crippen molar-refractivity contribution in [2.45, 2.75) is 69.6 Å². The van der Waals surface area contributed by atoms with Gasteiger partial charge in [0.25, 0.3) is 0 Å². The van der Waals surface area contributed by atoms with E-state index in [1.807, 2.05) is 24.3 Å². The van der Waals surface area contributed by atoms with Crippen LogP contribution in [0.15, 0.2) is 36.4 Å². The monoisotopic (exact) mass is 640 g/mol. The van der Waals surface area contributed by atoms with Crippen LogP contribution in [-0.4, -0.2) is 69.2 Å². The number of nitrogens with two attached hydrogens (primary N) is 2. The molecule has 3 atom stereocenters. The molecule has 7 N–H and O–H groups in total. The van der Waals surface area contributed by atoms with E-state index in [0.29, 0.717) is 23.8 Å². The molecule has 0 radical (unpaired) electrons. The summed E-state index contributed by atoms with van der Waals surface area (Å²) in [5.41, 5.74) is 12.4. The number of sulfonamides is 1. The van der Waals surface area contributed by atoms with Crippen molar-refractivity contribution in [2.24, 2.45) is 17.4 Å². The Morgan fingerprint density at radius 2 is 1.88 bits per heavy atom. The Kier molecular flexibility index (Phi) is 11.8. The first-order chi connectivity index (χ1) is 20.0. The van der Waals surface area contributed by atoms with E-state index in [9.17, 15) is 18.0 Å². The molecule has 11 nitrogen and oxygen atoms in total. The highest BCUT2D eigenvalue weighted by Crippen LogP contribution is 2.26. The van der Waals surface area contributed by atoms with Crippen LogP contribution in [0, 0.1) is 5.92 Å². The van der Waals surface area contributed by atoms with Gasteiger partial charge in [0.2, 0.25) is 21.8 Å². The Labute approximate surface area is 256 Å². The minimum Gasteiger partial charge on any atom is -0.372 e. The van der Waals surface area contributed by atoms with Gasteiger partial charge in [-0.2, -0.15) is 0 Å². The third kappa shape index (κ3) is 9.71. The van der Waals surface area contributed by atoms with Crippen LogP contribution in [0.4, 0.5) is 0 Å². The normalized spacial score (nSPS) is 20.6. The number of carbonyl (C=O) groups excluding carboxylic acids is 2. The number of amides is 2. The van der Waals surface area contributed by atoms with E-state index < -0.39 is 40.3 Å². The van der Waals surface area contributed by atoms with Gasteiger partial charge in [-0.1, -0.05) is 23.7 Å². The molecule has 232 valence electrons. The van der Waals surface area contributed by atoms with E-state index in [4.69, 9.17) is 27.8 Å². The van der Waals surface area contributed by atoms with Crippen molar-refractivity contribution in [3.63, 3.8) is 0 Å². The fourth-order valence-corrected chi connectivity index (χ4v) is 7.15. The summed E-state index contributed by atoms with van der Waals surface area (Å²) in [6, 6.07) is 9.18. The second-order valence-corrected chi connectivity index (χ2v) is 14.5. The number of likely N-dealkylation sites (tertiary alicyclic amines) is 1. The first-order valence-corrected chi connectivity index (χ1v) is 17.3. The lowest BCUT2D eigenvalue weighted by Gasteiger charge is -2.29. The van der Waals surface area contributed by atoms with Crippen LogP contribution in [-0.2, 0) is 37.5 Å². The fourth-order valence-electron chi connectivity index (χ4n) is 5.43. The molecule has 2 fully saturated rings. The number of carbonyl (C=O) groups is 2. The van der Waals surface area contributed by atoms with Crippen molar-refractivity contribution in [1.82, 2.24) is 20.3 Å². The zero-order chi connectivity index (χ0) is 30.3. The van der Waals surface area contributed by atoms with Gasteiger partial charge in [0.1, 0.15) is 12.1 Å². The summed E-state index contributed by atoms with van der Waals surface area (Å²) in [5.74, 6) is -0.336. The number of hydrogen-bond donors (Lipinski definition) is 5. The number of halogens is 1. The maximum atomic E-state index is 13.9. The Morgan fingerprint density at radius 3 is 2.52 bits per heavy atom. The van der Waals surface area contributed by atoms with Crippen molar-refractivity contribution < 1.29 is 22.7 Å². The van der Waals surface area contributed by atoms with E-state index in [1.165, 1.54) is 16.2 Å². The van der Waals surface area contributed by atoms with E-state index in [1.54, 1.807) is 12.1 Å². The summed E-state index contributed by atoms with van der Waals surface area (Å²) in [5, 5.41) is 6.87. The van der Waals surface area contributed by atoms with E-state index in [-0.39, 0.29) is 32.0 Å². The molecule has 0 saturated carbocycles. The summed E-state index contributed by atoms with van der Waals surface area (Å²) in [6.45, 7) is 2.53. The Hall–Kier alpha value is -2.10. The van der Waals surface area contributed by atoms with Crippen LogP contribution in [0.25, 0.3) is 0 Å². The van der Waals surface area contributed by atoms with Crippen LogP contribution in [0.2, 0.25) is 5.02 Å². The second kappa shape index (κ2) is 15.1. The Balaban J connectivity index is 1.47. The minimum atomic E-state index is -3.67. The zero-order valence-corrected chi connectivity index (χ0v) is 26.1. The van der Waals surface area contributed by atoms with Gasteiger partial charge in [0.15, 0.2) is 0 Å². The third-order valence-corrected chi connectivity index (χ3v) is 9.82. The SMILES string of the molecule is CS(=O)(=O)N[C@H](CCC1CCNCC1)C(=O)N1C[C@H](OCc2ccc(Cl)cc2)CC1C(=O)NCc1ccc(C(N)N)s1. The highest BCUT2D eigenvalue weighted by molar-refractivity contribution is 7.88. The molecule has 0 bridgehead atoms. The summed E-state index contributed by atoms with van der Waals surface area (Å²) >= 11 is 7.41. The molecule has 4 rings (SSSR count). The second-order valence-electron chi connectivity index (χ2n) is 11.1. The summed E-state index contributed by atoms with van der Waals surface area (Å²) < 4.78 is 33.2. The topological polar surface area (TPSA) is 169 Å². The van der Waals surface area contributed by atoms with Crippen molar-refractivity contribution in [1.29, 1.82) is 0 Å². The molecule has 0 spiro atoms. The molecule has 2 amide bonds. The van der Waals surface area contributed by atoms with Crippen molar-refractivity contribution in [2.75, 3.05) is 25.9 Å². The van der Waals surface area contributed by atoms with Gasteiger partial charge in [0.05, 0.1) is 31.7 Å². The van der Waals surface area contributed by atoms with E-state index in [0.717, 1.165) is 47.5 Å². The molecule has 3 heterocycles. The zero-order valence-electron chi connectivity index (χ0n) is 23.8. The highest BCUT2D eigenvalue weighted by atomic mass is 35.5. The predicted octanol–water partition coefficient (Wildman–Crippen LogP) is 1.82. The molecule has 14 heteroatoms. The largest absolute Gasteiger partial charge is 0.372 e. The van der Waals surface area contributed by atoms with Gasteiger partial charge < -0.3 is 31.7 Å². The minimum absolute atomic E-state index is 0.172. The lowest BCUT2D eigenvalue weighted by atomic mass is 9.91. The molecule has 2 aromatic rings. The number of piperidine rings is 1. The van der Waals surface area contributed by atoms with Crippen LogP contribution in [0.3, 0.4) is 0 Å². The first kappa shape index (κ1) is 32.8.